The van der Waals surface area contributed by atoms with Gasteiger partial charge < -0.3 is 9.47 Å². The predicted molar refractivity (Wildman–Crippen MR) is 80.1 cm³/mol. The van der Waals surface area contributed by atoms with Gasteiger partial charge in [0.25, 0.3) is 6.23 Å². The Hall–Kier alpha value is -1.62. The molecule has 1 aromatic heterocycles. The minimum absolute atomic E-state index is 0.343. The first-order valence-corrected chi connectivity index (χ1v) is 7.46. The lowest BCUT2D eigenvalue weighted by atomic mass is 10.2. The van der Waals surface area contributed by atoms with Crippen molar-refractivity contribution in [2.75, 3.05) is 13.1 Å². The van der Waals surface area contributed by atoms with E-state index in [1.165, 1.54) is 0 Å². The molecule has 1 atom stereocenters. The van der Waals surface area contributed by atoms with E-state index in [1.807, 2.05) is 31.7 Å². The summed E-state index contributed by atoms with van der Waals surface area (Å²) in [7, 11) is 0. The Morgan fingerprint density at radius 1 is 1.38 bits per heavy atom. The molecule has 0 unspecified atom stereocenters. The Kier molecular flexibility index (Phi) is 4.83. The number of esters is 1. The smallest absolute Gasteiger partial charge is 0.363 e. The molecular formula is C16H24N2O3. The third-order valence-corrected chi connectivity index (χ3v) is 3.26. The average Bonchev–Trinajstić information content (AvgIpc) is 2.34. The lowest BCUT2D eigenvalue weighted by molar-refractivity contribution is -0.176. The molecule has 0 saturated carbocycles. The number of nitrogens with zero attached hydrogens (tertiary/aromatic N) is 2. The number of rotatable bonds is 5. The number of hydrogen-bond acceptors (Lipinski definition) is 5. The second-order valence-electron chi connectivity index (χ2n) is 6.28. The summed E-state index contributed by atoms with van der Waals surface area (Å²) in [5.41, 5.74) is 0.562. The average molecular weight is 292 g/mol. The van der Waals surface area contributed by atoms with E-state index in [0.717, 1.165) is 31.5 Å². The van der Waals surface area contributed by atoms with Gasteiger partial charge in [-0.3, -0.25) is 9.88 Å². The van der Waals surface area contributed by atoms with Crippen LogP contribution < -0.4 is 4.74 Å². The largest absolute Gasteiger partial charge is 0.462 e. The van der Waals surface area contributed by atoms with Crippen LogP contribution in [0.15, 0.2) is 18.5 Å². The summed E-state index contributed by atoms with van der Waals surface area (Å²) in [5.74, 6) is 0.265. The lowest BCUT2D eigenvalue weighted by Crippen LogP contribution is -2.53. The number of hydrogen-bond donors (Lipinski definition) is 0. The second kappa shape index (κ2) is 6.43. The van der Waals surface area contributed by atoms with Gasteiger partial charge in [0, 0.05) is 19.3 Å². The molecule has 1 aliphatic heterocycles. The van der Waals surface area contributed by atoms with E-state index in [-0.39, 0.29) is 5.97 Å². The molecule has 0 bridgehead atoms. The van der Waals surface area contributed by atoms with Crippen LogP contribution in [0.1, 0.15) is 39.7 Å². The van der Waals surface area contributed by atoms with Crippen LogP contribution in [0.2, 0.25) is 0 Å². The molecule has 5 heteroatoms. The second-order valence-corrected chi connectivity index (χ2v) is 6.28. The molecule has 1 saturated heterocycles. The van der Waals surface area contributed by atoms with Crippen molar-refractivity contribution in [1.29, 1.82) is 0 Å². The van der Waals surface area contributed by atoms with Crippen molar-refractivity contribution in [2.24, 2.45) is 0 Å². The molecule has 0 amide bonds. The SMILES string of the molecule is CCc1cncc(O[C@@H](C(=O)OC(C)(C)C)N2CCC2)c1. The van der Waals surface area contributed by atoms with Crippen molar-refractivity contribution in [3.63, 3.8) is 0 Å². The first kappa shape index (κ1) is 15.8. The van der Waals surface area contributed by atoms with Crippen LogP contribution in [0, 0.1) is 0 Å². The van der Waals surface area contributed by atoms with Crippen LogP contribution in [-0.4, -0.2) is 40.8 Å². The van der Waals surface area contributed by atoms with Gasteiger partial charge in [0.15, 0.2) is 0 Å². The number of carbonyl (C=O) groups is 1. The van der Waals surface area contributed by atoms with Crippen LogP contribution in [-0.2, 0) is 16.0 Å². The van der Waals surface area contributed by atoms with Gasteiger partial charge in [-0.05, 0) is 45.2 Å². The molecule has 0 aliphatic carbocycles. The number of aromatic nitrogens is 1. The highest BCUT2D eigenvalue weighted by Gasteiger charge is 2.35. The molecule has 0 spiro atoms. The van der Waals surface area contributed by atoms with Crippen molar-refractivity contribution in [1.82, 2.24) is 9.88 Å². The zero-order chi connectivity index (χ0) is 15.5. The van der Waals surface area contributed by atoms with Crippen LogP contribution in [0.3, 0.4) is 0 Å². The van der Waals surface area contributed by atoms with E-state index in [4.69, 9.17) is 9.47 Å². The van der Waals surface area contributed by atoms with Crippen LogP contribution >= 0.6 is 0 Å². The molecule has 1 fully saturated rings. The third kappa shape index (κ3) is 4.43. The summed E-state index contributed by atoms with van der Waals surface area (Å²) >= 11 is 0. The molecule has 0 radical (unpaired) electrons. The van der Waals surface area contributed by atoms with Crippen molar-refractivity contribution in [2.45, 2.75) is 52.4 Å². The number of pyridine rings is 1. The van der Waals surface area contributed by atoms with E-state index in [0.29, 0.717) is 5.75 Å². The minimum Gasteiger partial charge on any atom is -0.462 e. The van der Waals surface area contributed by atoms with E-state index < -0.39 is 11.8 Å². The van der Waals surface area contributed by atoms with Gasteiger partial charge in [0.2, 0.25) is 0 Å². The summed E-state index contributed by atoms with van der Waals surface area (Å²) in [5, 5.41) is 0. The Morgan fingerprint density at radius 3 is 2.62 bits per heavy atom. The number of likely N-dealkylation sites (tertiary alicyclic amines) is 1. The summed E-state index contributed by atoms with van der Waals surface area (Å²) in [6.07, 6.45) is 4.71. The van der Waals surface area contributed by atoms with Crippen LogP contribution in [0.4, 0.5) is 0 Å². The third-order valence-electron chi connectivity index (χ3n) is 3.26. The zero-order valence-electron chi connectivity index (χ0n) is 13.3. The van der Waals surface area contributed by atoms with Crippen molar-refractivity contribution >= 4 is 5.97 Å². The van der Waals surface area contributed by atoms with E-state index >= 15 is 0 Å². The zero-order valence-corrected chi connectivity index (χ0v) is 13.3. The molecule has 1 aromatic rings. The maximum absolute atomic E-state index is 12.3. The van der Waals surface area contributed by atoms with Gasteiger partial charge in [-0.1, -0.05) is 6.92 Å². The summed E-state index contributed by atoms with van der Waals surface area (Å²) in [4.78, 5) is 18.5. The van der Waals surface area contributed by atoms with Gasteiger partial charge in [0.1, 0.15) is 11.4 Å². The number of aryl methyl sites for hydroxylation is 1. The Labute approximate surface area is 126 Å². The molecule has 1 aliphatic rings. The van der Waals surface area contributed by atoms with Crippen LogP contribution in [0.25, 0.3) is 0 Å². The van der Waals surface area contributed by atoms with Crippen molar-refractivity contribution in [3.8, 4) is 5.75 Å². The molecule has 116 valence electrons. The summed E-state index contributed by atoms with van der Waals surface area (Å²) in [6, 6.07) is 1.92. The summed E-state index contributed by atoms with van der Waals surface area (Å²) in [6.45, 7) is 9.34. The fourth-order valence-corrected chi connectivity index (χ4v) is 2.05. The highest BCUT2D eigenvalue weighted by Crippen LogP contribution is 2.21. The fourth-order valence-electron chi connectivity index (χ4n) is 2.05. The van der Waals surface area contributed by atoms with Gasteiger partial charge >= 0.3 is 5.97 Å². The Balaban J connectivity index is 2.10. The molecule has 5 nitrogen and oxygen atoms in total. The standard InChI is InChI=1S/C16H24N2O3/c1-5-12-9-13(11-17-10-12)20-14(18-7-6-8-18)15(19)21-16(2,3)4/h9-11,14H,5-8H2,1-4H3/t14-/m0/s1. The molecular weight excluding hydrogens is 268 g/mol. The molecule has 2 rings (SSSR count). The van der Waals surface area contributed by atoms with E-state index in [1.54, 1.807) is 12.4 Å². The molecule has 0 N–H and O–H groups in total. The van der Waals surface area contributed by atoms with Gasteiger partial charge in [-0.2, -0.15) is 0 Å². The molecule has 21 heavy (non-hydrogen) atoms. The number of carbonyl (C=O) groups excluding carboxylic acids is 1. The maximum atomic E-state index is 12.3. The van der Waals surface area contributed by atoms with Crippen molar-refractivity contribution < 1.29 is 14.3 Å². The van der Waals surface area contributed by atoms with Crippen LogP contribution in [0.5, 0.6) is 5.75 Å². The highest BCUT2D eigenvalue weighted by atomic mass is 16.6. The van der Waals surface area contributed by atoms with E-state index in [2.05, 4.69) is 11.9 Å². The monoisotopic (exact) mass is 292 g/mol. The van der Waals surface area contributed by atoms with E-state index in [9.17, 15) is 4.79 Å². The lowest BCUT2D eigenvalue weighted by Gasteiger charge is -2.37. The normalized spacial score (nSPS) is 17.0. The Bertz CT molecular complexity index is 493. The number of ether oxygens (including phenoxy) is 2. The quantitative estimate of drug-likeness (QED) is 0.780. The van der Waals surface area contributed by atoms with Gasteiger partial charge in [-0.25, -0.2) is 4.79 Å². The topological polar surface area (TPSA) is 51.7 Å². The minimum atomic E-state index is -0.688. The maximum Gasteiger partial charge on any atom is 0.363 e. The van der Waals surface area contributed by atoms with Gasteiger partial charge in [-0.15, -0.1) is 0 Å². The first-order valence-electron chi connectivity index (χ1n) is 7.46. The summed E-state index contributed by atoms with van der Waals surface area (Å²) < 4.78 is 11.3. The van der Waals surface area contributed by atoms with Crippen molar-refractivity contribution in [3.05, 3.63) is 24.0 Å². The highest BCUT2D eigenvalue weighted by molar-refractivity contribution is 5.75. The molecule has 0 aromatic carbocycles. The van der Waals surface area contributed by atoms with Gasteiger partial charge in [0.05, 0.1) is 6.20 Å². The Morgan fingerprint density at radius 2 is 2.10 bits per heavy atom. The molecule has 2 heterocycles. The first-order chi connectivity index (χ1) is 9.89. The predicted octanol–water partition coefficient (Wildman–Crippen LogP) is 2.40. The fraction of sp³-hybridized carbons (Fsp3) is 0.625.